The highest BCUT2D eigenvalue weighted by molar-refractivity contribution is 7.90. The molecule has 1 aliphatic heterocycles. The number of carbonyl (C=O) groups excluding carboxylic acids is 2. The lowest BCUT2D eigenvalue weighted by Crippen LogP contribution is -2.58. The van der Waals surface area contributed by atoms with Gasteiger partial charge in [-0.15, -0.1) is 0 Å². The van der Waals surface area contributed by atoms with Gasteiger partial charge in [-0.25, -0.2) is 17.9 Å². The monoisotopic (exact) mass is 380 g/mol. The topological polar surface area (TPSA) is 130 Å². The molecule has 3 rings (SSSR count). The van der Waals surface area contributed by atoms with Crippen LogP contribution in [0.15, 0.2) is 30.5 Å². The molecule has 1 unspecified atom stereocenters. The van der Waals surface area contributed by atoms with E-state index in [9.17, 15) is 23.1 Å². The fourth-order valence-corrected chi connectivity index (χ4v) is 3.60. The summed E-state index contributed by atoms with van der Waals surface area (Å²) in [5, 5.41) is 15.7. The number of amides is 3. The molecule has 9 nitrogen and oxygen atoms in total. The Bertz CT molecular complexity index is 982. The lowest BCUT2D eigenvalue weighted by Gasteiger charge is -2.27. The molecule has 0 saturated carbocycles. The fourth-order valence-electron chi connectivity index (χ4n) is 2.82. The van der Waals surface area contributed by atoms with Gasteiger partial charge in [0.05, 0.1) is 11.8 Å². The number of nitrogens with zero attached hydrogens (tertiary/aromatic N) is 1. The molecule has 26 heavy (non-hydrogen) atoms. The molecular formula is C16H20N4O5S. The minimum Gasteiger partial charge on any atom is -0.494 e. The third-order valence-corrected chi connectivity index (χ3v) is 6.21. The number of carbonyl (C=O) groups is 2. The second-order valence-corrected chi connectivity index (χ2v) is 8.89. The van der Waals surface area contributed by atoms with Crippen LogP contribution in [0.4, 0.5) is 4.79 Å². The van der Waals surface area contributed by atoms with Crippen molar-refractivity contribution in [2.75, 3.05) is 6.54 Å². The van der Waals surface area contributed by atoms with Gasteiger partial charge in [0.15, 0.2) is 11.4 Å². The number of aromatic hydroxyl groups is 1. The van der Waals surface area contributed by atoms with E-state index in [-0.39, 0.29) is 19.0 Å². The van der Waals surface area contributed by atoms with E-state index in [1.54, 1.807) is 24.4 Å². The molecule has 10 heteroatoms. The number of sulfonamides is 1. The second-order valence-electron chi connectivity index (χ2n) is 6.57. The Balaban J connectivity index is 1.95. The van der Waals surface area contributed by atoms with Gasteiger partial charge in [-0.2, -0.15) is 0 Å². The van der Waals surface area contributed by atoms with Crippen LogP contribution in [-0.2, 0) is 21.4 Å². The number of fused-ring (bicyclic) bond motifs is 1. The molecule has 0 spiro atoms. The Hall–Kier alpha value is -2.59. The zero-order chi connectivity index (χ0) is 19.1. The van der Waals surface area contributed by atoms with Crippen molar-refractivity contribution in [2.45, 2.75) is 31.2 Å². The average molecular weight is 380 g/mol. The van der Waals surface area contributed by atoms with E-state index < -0.39 is 32.8 Å². The number of benzene rings is 1. The summed E-state index contributed by atoms with van der Waals surface area (Å²) < 4.78 is 27.9. The molecule has 1 aromatic heterocycles. The summed E-state index contributed by atoms with van der Waals surface area (Å²) in [5.74, 6) is -0.730. The first kappa shape index (κ1) is 18.2. The van der Waals surface area contributed by atoms with Gasteiger partial charge in [0.25, 0.3) is 5.91 Å². The molecule has 0 radical (unpaired) electrons. The van der Waals surface area contributed by atoms with Gasteiger partial charge in [0.1, 0.15) is 0 Å². The van der Waals surface area contributed by atoms with E-state index in [1.165, 1.54) is 18.4 Å². The Morgan fingerprint density at radius 1 is 1.27 bits per heavy atom. The van der Waals surface area contributed by atoms with Crippen molar-refractivity contribution in [1.82, 2.24) is 19.9 Å². The van der Waals surface area contributed by atoms with E-state index in [4.69, 9.17) is 0 Å². The first-order valence-electron chi connectivity index (χ1n) is 8.03. The van der Waals surface area contributed by atoms with E-state index >= 15 is 0 Å². The molecular weight excluding hydrogens is 360 g/mol. The van der Waals surface area contributed by atoms with Crippen LogP contribution in [0.2, 0.25) is 0 Å². The number of nitrogens with one attached hydrogen (secondary N) is 3. The predicted octanol–water partition coefficient (Wildman–Crippen LogP) is 0.253. The zero-order valence-electron chi connectivity index (χ0n) is 14.3. The van der Waals surface area contributed by atoms with Crippen LogP contribution in [0.25, 0.3) is 10.8 Å². The largest absolute Gasteiger partial charge is 0.494 e. The van der Waals surface area contributed by atoms with Gasteiger partial charge >= 0.3 is 6.03 Å². The van der Waals surface area contributed by atoms with Crippen LogP contribution in [0.5, 0.6) is 5.88 Å². The Labute approximate surface area is 150 Å². The summed E-state index contributed by atoms with van der Waals surface area (Å²) in [5.41, 5.74) is -1.55. The first-order chi connectivity index (χ1) is 12.1. The lowest BCUT2D eigenvalue weighted by atomic mass is 10.0. The van der Waals surface area contributed by atoms with Crippen molar-refractivity contribution >= 4 is 32.7 Å². The van der Waals surface area contributed by atoms with Gasteiger partial charge < -0.3 is 15.0 Å². The van der Waals surface area contributed by atoms with Crippen LogP contribution in [0, 0.1) is 0 Å². The number of hydrogen-bond donors (Lipinski definition) is 4. The van der Waals surface area contributed by atoms with Crippen LogP contribution >= 0.6 is 0 Å². The van der Waals surface area contributed by atoms with Gasteiger partial charge in [0.2, 0.25) is 10.0 Å². The summed E-state index contributed by atoms with van der Waals surface area (Å²) in [7, 11) is -3.64. The Morgan fingerprint density at radius 2 is 1.96 bits per heavy atom. The van der Waals surface area contributed by atoms with E-state index in [0.717, 1.165) is 5.39 Å². The molecule has 2 aromatic rings. The maximum atomic E-state index is 12.4. The summed E-state index contributed by atoms with van der Waals surface area (Å²) in [6, 6.07) is 6.39. The summed E-state index contributed by atoms with van der Waals surface area (Å²) >= 11 is 0. The van der Waals surface area contributed by atoms with Crippen molar-refractivity contribution in [2.24, 2.45) is 0 Å². The van der Waals surface area contributed by atoms with Crippen molar-refractivity contribution in [3.63, 3.8) is 0 Å². The van der Waals surface area contributed by atoms with E-state index in [2.05, 4.69) is 15.4 Å². The van der Waals surface area contributed by atoms with Crippen molar-refractivity contribution < 1.29 is 23.1 Å². The molecule has 1 saturated heterocycles. The highest BCUT2D eigenvalue weighted by atomic mass is 32.2. The van der Waals surface area contributed by atoms with Crippen LogP contribution < -0.4 is 15.4 Å². The van der Waals surface area contributed by atoms with Crippen molar-refractivity contribution in [1.29, 1.82) is 0 Å². The second kappa shape index (κ2) is 6.29. The highest BCUT2D eigenvalue weighted by Gasteiger charge is 2.47. The highest BCUT2D eigenvalue weighted by Crippen LogP contribution is 2.28. The van der Waals surface area contributed by atoms with E-state index in [0.29, 0.717) is 5.39 Å². The van der Waals surface area contributed by atoms with E-state index in [1.807, 2.05) is 6.07 Å². The molecule has 140 valence electrons. The minimum absolute atomic E-state index is 0.0689. The van der Waals surface area contributed by atoms with Gasteiger partial charge in [0, 0.05) is 23.5 Å². The van der Waals surface area contributed by atoms with Crippen LogP contribution in [-0.4, -0.2) is 47.4 Å². The van der Waals surface area contributed by atoms with Gasteiger partial charge in [-0.1, -0.05) is 18.2 Å². The maximum absolute atomic E-state index is 12.4. The molecule has 1 aliphatic rings. The van der Waals surface area contributed by atoms with Crippen LogP contribution in [0.3, 0.4) is 0 Å². The molecule has 0 bridgehead atoms. The SMILES string of the molecule is CC(C)S(=O)(=O)NCC1(Cn2cc3ccccc3c2O)NC(=O)NC1=O. The lowest BCUT2D eigenvalue weighted by molar-refractivity contribution is -0.124. The van der Waals surface area contributed by atoms with Crippen LogP contribution in [0.1, 0.15) is 13.8 Å². The molecule has 4 N–H and O–H groups in total. The first-order valence-corrected chi connectivity index (χ1v) is 9.58. The normalized spacial score (nSPS) is 20.6. The third-order valence-electron chi connectivity index (χ3n) is 4.42. The smallest absolute Gasteiger partial charge is 0.322 e. The third kappa shape index (κ3) is 3.13. The average Bonchev–Trinajstić information content (AvgIpc) is 3.03. The minimum atomic E-state index is -3.64. The fraction of sp³-hybridized carbons (Fsp3) is 0.375. The number of rotatable bonds is 6. The summed E-state index contributed by atoms with van der Waals surface area (Å²) in [6.07, 6.45) is 1.64. The summed E-state index contributed by atoms with van der Waals surface area (Å²) in [6.45, 7) is 2.55. The molecule has 2 heterocycles. The van der Waals surface area contributed by atoms with Gasteiger partial charge in [-0.05, 0) is 19.9 Å². The Kier molecular flexibility index (Phi) is 4.41. The molecule has 1 aromatic carbocycles. The molecule has 0 aliphatic carbocycles. The quantitative estimate of drug-likeness (QED) is 0.534. The zero-order valence-corrected chi connectivity index (χ0v) is 15.1. The van der Waals surface area contributed by atoms with Gasteiger partial charge in [-0.3, -0.25) is 10.1 Å². The molecule has 1 fully saturated rings. The molecule has 1 atom stereocenters. The maximum Gasteiger partial charge on any atom is 0.322 e. The number of hydrogen-bond acceptors (Lipinski definition) is 5. The number of imide groups is 1. The Morgan fingerprint density at radius 3 is 2.54 bits per heavy atom. The number of aromatic nitrogens is 1. The predicted molar refractivity (Wildman–Crippen MR) is 95.1 cm³/mol. The standard InChI is InChI=1S/C16H20N4O5S/c1-10(2)26(24,25)17-8-16(14(22)18-15(23)19-16)9-20-7-11-5-3-4-6-12(11)13(20)21/h3-7,10,17,21H,8-9H2,1-2H3,(H2,18,19,22,23). The van der Waals surface area contributed by atoms with Crippen molar-refractivity contribution in [3.8, 4) is 5.88 Å². The number of urea groups is 1. The molecule has 3 amide bonds. The summed E-state index contributed by atoms with van der Waals surface area (Å²) in [4.78, 5) is 24.1. The van der Waals surface area contributed by atoms with Crippen molar-refractivity contribution in [3.05, 3.63) is 30.5 Å².